The molecule has 3 nitrogen and oxygen atoms in total. The Morgan fingerprint density at radius 1 is 1.73 bits per heavy atom. The van der Waals surface area contributed by atoms with Crippen LogP contribution in [-0.4, -0.2) is 24.7 Å². The minimum atomic E-state index is -0.712. The molecular formula is C12H19NO2. The lowest BCUT2D eigenvalue weighted by Crippen LogP contribution is -2.50. The predicted molar refractivity (Wildman–Crippen MR) is 61.3 cm³/mol. The van der Waals surface area contributed by atoms with Gasteiger partial charge in [-0.3, -0.25) is 10.1 Å². The third-order valence-corrected chi connectivity index (χ3v) is 2.16. The normalized spacial score (nSPS) is 13.7. The van der Waals surface area contributed by atoms with Crippen molar-refractivity contribution in [2.45, 2.75) is 32.2 Å². The number of carbonyl (C=O) groups excluding carboxylic acids is 1. The van der Waals surface area contributed by atoms with Gasteiger partial charge in [-0.25, -0.2) is 0 Å². The summed E-state index contributed by atoms with van der Waals surface area (Å²) in [6.07, 6.45) is 8.31. The van der Waals surface area contributed by atoms with E-state index in [1.807, 2.05) is 0 Å². The van der Waals surface area contributed by atoms with Gasteiger partial charge in [0.2, 0.25) is 0 Å². The lowest BCUT2D eigenvalue weighted by Gasteiger charge is -2.27. The van der Waals surface area contributed by atoms with E-state index < -0.39 is 5.54 Å². The number of hydrogen-bond acceptors (Lipinski definition) is 3. The second-order valence-electron chi connectivity index (χ2n) is 3.44. The molecule has 0 aliphatic carbocycles. The Bertz CT molecular complexity index is 255. The van der Waals surface area contributed by atoms with Crippen LogP contribution in [0.1, 0.15) is 26.7 Å². The second-order valence-corrected chi connectivity index (χ2v) is 3.44. The number of hydrogen-bond donors (Lipinski definition) is 1. The van der Waals surface area contributed by atoms with Gasteiger partial charge in [0.25, 0.3) is 0 Å². The van der Waals surface area contributed by atoms with Crippen molar-refractivity contribution in [2.75, 3.05) is 13.2 Å². The summed E-state index contributed by atoms with van der Waals surface area (Å²) in [5.74, 6) is 2.19. The molecule has 84 valence electrons. The van der Waals surface area contributed by atoms with E-state index in [2.05, 4.69) is 17.8 Å². The quantitative estimate of drug-likeness (QED) is 0.392. The van der Waals surface area contributed by atoms with Gasteiger partial charge in [-0.2, -0.15) is 0 Å². The molecule has 3 heteroatoms. The highest BCUT2D eigenvalue weighted by Crippen LogP contribution is 2.14. The number of rotatable bonds is 7. The van der Waals surface area contributed by atoms with E-state index in [1.165, 1.54) is 0 Å². The SMILES string of the molecule is C#CCNC(C)(CCC=C)C(=O)OCC. The maximum atomic E-state index is 11.7. The van der Waals surface area contributed by atoms with Crippen LogP contribution in [0.3, 0.4) is 0 Å². The summed E-state index contributed by atoms with van der Waals surface area (Å²) >= 11 is 0. The molecule has 15 heavy (non-hydrogen) atoms. The molecule has 0 aromatic rings. The maximum absolute atomic E-state index is 11.7. The molecule has 0 aliphatic rings. The molecule has 0 saturated heterocycles. The zero-order valence-electron chi connectivity index (χ0n) is 9.51. The van der Waals surface area contributed by atoms with E-state index in [9.17, 15) is 4.79 Å². The van der Waals surface area contributed by atoms with Crippen LogP contribution in [0, 0.1) is 12.3 Å². The largest absolute Gasteiger partial charge is 0.465 e. The first-order chi connectivity index (χ1) is 7.10. The summed E-state index contributed by atoms with van der Waals surface area (Å²) in [6.45, 7) is 7.94. The van der Waals surface area contributed by atoms with Gasteiger partial charge in [-0.15, -0.1) is 13.0 Å². The van der Waals surface area contributed by atoms with Gasteiger partial charge in [-0.05, 0) is 26.7 Å². The zero-order chi connectivity index (χ0) is 11.7. The molecule has 1 unspecified atom stereocenters. The molecule has 0 rings (SSSR count). The summed E-state index contributed by atoms with van der Waals surface area (Å²) < 4.78 is 5.00. The lowest BCUT2D eigenvalue weighted by molar-refractivity contribution is -0.150. The van der Waals surface area contributed by atoms with E-state index in [1.54, 1.807) is 19.9 Å². The molecule has 0 aromatic heterocycles. The Labute approximate surface area is 91.9 Å². The summed E-state index contributed by atoms with van der Waals surface area (Å²) in [6, 6.07) is 0. The van der Waals surface area contributed by atoms with Crippen molar-refractivity contribution in [2.24, 2.45) is 0 Å². The predicted octanol–water partition coefficient (Wildman–Crippen LogP) is 1.50. The summed E-state index contributed by atoms with van der Waals surface area (Å²) in [4.78, 5) is 11.7. The van der Waals surface area contributed by atoms with E-state index in [-0.39, 0.29) is 5.97 Å². The van der Waals surface area contributed by atoms with E-state index in [0.717, 1.165) is 6.42 Å². The number of ether oxygens (including phenoxy) is 1. The van der Waals surface area contributed by atoms with Gasteiger partial charge < -0.3 is 4.74 Å². The summed E-state index contributed by atoms with van der Waals surface area (Å²) in [7, 11) is 0. The van der Waals surface area contributed by atoms with Crippen LogP contribution in [-0.2, 0) is 9.53 Å². The molecule has 0 amide bonds. The van der Waals surface area contributed by atoms with E-state index in [0.29, 0.717) is 19.6 Å². The van der Waals surface area contributed by atoms with Crippen molar-refractivity contribution in [3.63, 3.8) is 0 Å². The average Bonchev–Trinajstić information content (AvgIpc) is 2.24. The molecule has 0 aromatic carbocycles. The summed E-state index contributed by atoms with van der Waals surface area (Å²) in [5, 5.41) is 3.01. The fourth-order valence-electron chi connectivity index (χ4n) is 1.19. The van der Waals surface area contributed by atoms with Crippen molar-refractivity contribution in [1.82, 2.24) is 5.32 Å². The fourth-order valence-corrected chi connectivity index (χ4v) is 1.19. The highest BCUT2D eigenvalue weighted by Gasteiger charge is 2.32. The van der Waals surface area contributed by atoms with Gasteiger partial charge in [0.05, 0.1) is 13.2 Å². The number of carbonyl (C=O) groups is 1. The van der Waals surface area contributed by atoms with Gasteiger partial charge in [-0.1, -0.05) is 12.0 Å². The minimum Gasteiger partial charge on any atom is -0.465 e. The Hall–Kier alpha value is -1.27. The van der Waals surface area contributed by atoms with E-state index >= 15 is 0 Å². The lowest BCUT2D eigenvalue weighted by atomic mass is 9.96. The number of allylic oxidation sites excluding steroid dienone is 1. The fraction of sp³-hybridized carbons (Fsp3) is 0.583. The molecular weight excluding hydrogens is 190 g/mol. The number of terminal acetylenes is 1. The Morgan fingerprint density at radius 3 is 2.87 bits per heavy atom. The third-order valence-electron chi connectivity index (χ3n) is 2.16. The highest BCUT2D eigenvalue weighted by molar-refractivity contribution is 5.80. The molecule has 0 bridgehead atoms. The van der Waals surface area contributed by atoms with Crippen molar-refractivity contribution in [3.05, 3.63) is 12.7 Å². The molecule has 1 N–H and O–H groups in total. The first kappa shape index (κ1) is 13.7. The standard InChI is InChI=1S/C12H19NO2/c1-5-8-9-12(4,13-10-6-2)11(14)15-7-3/h2,5,13H,1,7-10H2,3-4H3. The molecule has 0 saturated carbocycles. The molecule has 0 aliphatic heterocycles. The highest BCUT2D eigenvalue weighted by atomic mass is 16.5. The molecule has 0 radical (unpaired) electrons. The third kappa shape index (κ3) is 4.66. The molecule has 0 spiro atoms. The minimum absolute atomic E-state index is 0.262. The molecule has 1 atom stereocenters. The van der Waals surface area contributed by atoms with Crippen molar-refractivity contribution in [3.8, 4) is 12.3 Å². The van der Waals surface area contributed by atoms with E-state index in [4.69, 9.17) is 11.2 Å². The van der Waals surface area contributed by atoms with Crippen LogP contribution in [0.5, 0.6) is 0 Å². The number of nitrogens with one attached hydrogen (secondary N) is 1. The van der Waals surface area contributed by atoms with Crippen LogP contribution in [0.2, 0.25) is 0 Å². The molecule has 0 fully saturated rings. The van der Waals surface area contributed by atoms with Gasteiger partial charge in [0, 0.05) is 0 Å². The van der Waals surface area contributed by atoms with Crippen LogP contribution in [0.15, 0.2) is 12.7 Å². The first-order valence-electron chi connectivity index (χ1n) is 5.07. The van der Waals surface area contributed by atoms with Gasteiger partial charge in [0.15, 0.2) is 0 Å². The van der Waals surface area contributed by atoms with Crippen molar-refractivity contribution in [1.29, 1.82) is 0 Å². The van der Waals surface area contributed by atoms with Gasteiger partial charge >= 0.3 is 5.97 Å². The number of esters is 1. The van der Waals surface area contributed by atoms with Crippen LogP contribution < -0.4 is 5.32 Å². The zero-order valence-corrected chi connectivity index (χ0v) is 9.51. The Morgan fingerprint density at radius 2 is 2.40 bits per heavy atom. The smallest absolute Gasteiger partial charge is 0.326 e. The summed E-state index contributed by atoms with van der Waals surface area (Å²) in [5.41, 5.74) is -0.712. The first-order valence-corrected chi connectivity index (χ1v) is 5.07. The second kappa shape index (κ2) is 7.08. The van der Waals surface area contributed by atoms with Crippen LogP contribution >= 0.6 is 0 Å². The van der Waals surface area contributed by atoms with Crippen LogP contribution in [0.4, 0.5) is 0 Å². The average molecular weight is 209 g/mol. The Kier molecular flexibility index (Phi) is 6.48. The van der Waals surface area contributed by atoms with Gasteiger partial charge in [0.1, 0.15) is 5.54 Å². The van der Waals surface area contributed by atoms with Crippen molar-refractivity contribution >= 4 is 5.97 Å². The monoisotopic (exact) mass is 209 g/mol. The Balaban J connectivity index is 4.45. The maximum Gasteiger partial charge on any atom is 0.326 e. The molecule has 0 heterocycles. The van der Waals surface area contributed by atoms with Crippen molar-refractivity contribution < 1.29 is 9.53 Å². The van der Waals surface area contributed by atoms with Crippen LogP contribution in [0.25, 0.3) is 0 Å². The topological polar surface area (TPSA) is 38.3 Å².